The molecular formula is C19H25FO3. The van der Waals surface area contributed by atoms with E-state index in [4.69, 9.17) is 4.74 Å². The van der Waals surface area contributed by atoms with Crippen molar-refractivity contribution in [2.24, 2.45) is 5.41 Å². The zero-order valence-corrected chi connectivity index (χ0v) is 14.6. The molecule has 4 heteroatoms. The smallest absolute Gasteiger partial charge is 0.330 e. The second-order valence-corrected chi connectivity index (χ2v) is 5.99. The van der Waals surface area contributed by atoms with Gasteiger partial charge in [-0.05, 0) is 57.9 Å². The summed E-state index contributed by atoms with van der Waals surface area (Å²) in [5, 5.41) is 0. The number of hydrogen-bond donors (Lipinski definition) is 0. The molecule has 2 atom stereocenters. The van der Waals surface area contributed by atoms with Gasteiger partial charge in [0.25, 0.3) is 0 Å². The summed E-state index contributed by atoms with van der Waals surface area (Å²) in [6, 6.07) is 0. The lowest BCUT2D eigenvalue weighted by Gasteiger charge is -2.22. The van der Waals surface area contributed by atoms with Gasteiger partial charge in [0.1, 0.15) is 11.9 Å². The Balaban J connectivity index is 2.84. The lowest BCUT2D eigenvalue weighted by Crippen LogP contribution is -2.22. The minimum Gasteiger partial charge on any atom is -0.494 e. The van der Waals surface area contributed by atoms with E-state index >= 15 is 0 Å². The van der Waals surface area contributed by atoms with Gasteiger partial charge >= 0.3 is 5.97 Å². The molecule has 0 saturated carbocycles. The molecule has 1 heterocycles. The molecule has 1 rings (SSSR count). The molecule has 3 nitrogen and oxygen atoms in total. The maximum Gasteiger partial charge on any atom is 0.330 e. The standard InChI is InChI=1S/C19H25FO3/c1-13(11-18(21)22-6)7-8-17(20)14(2)9-10-19(5)12-15(3)23-16(19)4/h7-12,16H,1-6H3. The van der Waals surface area contributed by atoms with Crippen LogP contribution in [0.1, 0.15) is 34.6 Å². The molecule has 0 bridgehead atoms. The van der Waals surface area contributed by atoms with Crippen molar-refractivity contribution in [2.45, 2.75) is 40.7 Å². The van der Waals surface area contributed by atoms with Crippen LogP contribution in [0.5, 0.6) is 0 Å². The fourth-order valence-corrected chi connectivity index (χ4v) is 2.19. The van der Waals surface area contributed by atoms with E-state index in [1.54, 1.807) is 19.9 Å². The van der Waals surface area contributed by atoms with Crippen LogP contribution in [0.15, 0.2) is 59.2 Å². The fraction of sp³-hybridized carbons (Fsp3) is 0.421. The van der Waals surface area contributed by atoms with Crippen LogP contribution in [-0.4, -0.2) is 19.2 Å². The van der Waals surface area contributed by atoms with Crippen LogP contribution in [0, 0.1) is 5.41 Å². The molecule has 23 heavy (non-hydrogen) atoms. The van der Waals surface area contributed by atoms with E-state index in [1.165, 1.54) is 25.3 Å². The van der Waals surface area contributed by atoms with Crippen LogP contribution in [0.3, 0.4) is 0 Å². The lowest BCUT2D eigenvalue weighted by molar-refractivity contribution is -0.134. The van der Waals surface area contributed by atoms with Gasteiger partial charge in [-0.25, -0.2) is 9.18 Å². The Morgan fingerprint density at radius 3 is 2.52 bits per heavy atom. The largest absolute Gasteiger partial charge is 0.494 e. The molecule has 0 spiro atoms. The predicted molar refractivity (Wildman–Crippen MR) is 90.3 cm³/mol. The summed E-state index contributed by atoms with van der Waals surface area (Å²) in [6.07, 6.45) is 9.96. The lowest BCUT2D eigenvalue weighted by atomic mass is 9.85. The zero-order valence-electron chi connectivity index (χ0n) is 14.6. The Hall–Kier alpha value is -2.10. The molecule has 0 saturated heterocycles. The van der Waals surface area contributed by atoms with E-state index in [0.717, 1.165) is 5.76 Å². The minimum atomic E-state index is -0.460. The SMILES string of the molecule is COC(=O)C=C(C)C=CC(F)=C(C)C=CC1(C)C=C(C)OC1C. The molecule has 1 aliphatic rings. The van der Waals surface area contributed by atoms with Crippen molar-refractivity contribution in [3.8, 4) is 0 Å². The van der Waals surface area contributed by atoms with E-state index < -0.39 is 5.97 Å². The Bertz CT molecular complexity index is 608. The number of hydrogen-bond acceptors (Lipinski definition) is 3. The number of carbonyl (C=O) groups is 1. The van der Waals surface area contributed by atoms with Gasteiger partial charge in [0.2, 0.25) is 0 Å². The summed E-state index contributed by atoms with van der Waals surface area (Å²) in [4.78, 5) is 11.1. The van der Waals surface area contributed by atoms with Gasteiger partial charge in [-0.2, -0.15) is 0 Å². The number of rotatable bonds is 5. The molecule has 0 N–H and O–H groups in total. The topological polar surface area (TPSA) is 35.5 Å². The third-order valence-electron chi connectivity index (χ3n) is 3.86. The van der Waals surface area contributed by atoms with Crippen molar-refractivity contribution in [1.82, 2.24) is 0 Å². The van der Waals surface area contributed by atoms with E-state index in [9.17, 15) is 9.18 Å². The van der Waals surface area contributed by atoms with Crippen LogP contribution >= 0.6 is 0 Å². The first-order valence-corrected chi connectivity index (χ1v) is 7.54. The average Bonchev–Trinajstić information content (AvgIpc) is 2.75. The van der Waals surface area contributed by atoms with Gasteiger partial charge in [0, 0.05) is 11.5 Å². The minimum absolute atomic E-state index is 0.0235. The van der Waals surface area contributed by atoms with E-state index in [0.29, 0.717) is 11.1 Å². The molecule has 0 fully saturated rings. The first-order valence-electron chi connectivity index (χ1n) is 7.54. The number of methoxy groups -OCH3 is 1. The molecule has 2 unspecified atom stereocenters. The highest BCUT2D eigenvalue weighted by atomic mass is 19.1. The molecular weight excluding hydrogens is 295 g/mol. The number of halogens is 1. The fourth-order valence-electron chi connectivity index (χ4n) is 2.19. The summed E-state index contributed by atoms with van der Waals surface area (Å²) < 4.78 is 24.2. The summed E-state index contributed by atoms with van der Waals surface area (Å²) in [5.74, 6) is 0.0726. The van der Waals surface area contributed by atoms with Crippen LogP contribution in [-0.2, 0) is 14.3 Å². The quantitative estimate of drug-likeness (QED) is 0.415. The average molecular weight is 320 g/mol. The van der Waals surface area contributed by atoms with Crippen LogP contribution < -0.4 is 0 Å². The number of ether oxygens (including phenoxy) is 2. The van der Waals surface area contributed by atoms with Gasteiger partial charge in [-0.15, -0.1) is 0 Å². The van der Waals surface area contributed by atoms with Gasteiger partial charge < -0.3 is 9.47 Å². The predicted octanol–water partition coefficient (Wildman–Crippen LogP) is 4.79. The maximum absolute atomic E-state index is 14.1. The van der Waals surface area contributed by atoms with Crippen molar-refractivity contribution in [2.75, 3.05) is 7.11 Å². The van der Waals surface area contributed by atoms with Gasteiger partial charge in [-0.3, -0.25) is 0 Å². The molecule has 0 amide bonds. The van der Waals surface area contributed by atoms with Crippen molar-refractivity contribution < 1.29 is 18.7 Å². The Kier molecular flexibility index (Phi) is 6.55. The highest BCUT2D eigenvalue weighted by molar-refractivity contribution is 5.83. The van der Waals surface area contributed by atoms with Crippen molar-refractivity contribution in [1.29, 1.82) is 0 Å². The second kappa shape index (κ2) is 7.95. The number of allylic oxidation sites excluding steroid dienone is 7. The summed E-state index contributed by atoms with van der Waals surface area (Å²) in [5.41, 5.74) is 0.890. The summed E-state index contributed by atoms with van der Waals surface area (Å²) >= 11 is 0. The highest BCUT2D eigenvalue weighted by Gasteiger charge is 2.33. The normalized spacial score (nSPS) is 26.3. The van der Waals surface area contributed by atoms with Crippen molar-refractivity contribution in [3.05, 3.63) is 59.2 Å². The first kappa shape index (κ1) is 18.9. The Morgan fingerprint density at radius 2 is 2.00 bits per heavy atom. The molecule has 0 aliphatic carbocycles. The molecule has 126 valence electrons. The van der Waals surface area contributed by atoms with Crippen LogP contribution in [0.4, 0.5) is 4.39 Å². The summed E-state index contributed by atoms with van der Waals surface area (Å²) in [6.45, 7) is 9.37. The Morgan fingerprint density at radius 1 is 1.35 bits per heavy atom. The zero-order chi connectivity index (χ0) is 17.6. The van der Waals surface area contributed by atoms with E-state index in [-0.39, 0.29) is 17.3 Å². The van der Waals surface area contributed by atoms with Crippen LogP contribution in [0.25, 0.3) is 0 Å². The number of esters is 1. The molecule has 0 radical (unpaired) electrons. The molecule has 0 aromatic heterocycles. The third-order valence-corrected chi connectivity index (χ3v) is 3.86. The third kappa shape index (κ3) is 5.55. The molecule has 0 aromatic rings. The van der Waals surface area contributed by atoms with Crippen molar-refractivity contribution >= 4 is 5.97 Å². The Labute approximate surface area is 137 Å². The second-order valence-electron chi connectivity index (χ2n) is 5.99. The highest BCUT2D eigenvalue weighted by Crippen LogP contribution is 2.36. The molecule has 1 aliphatic heterocycles. The monoisotopic (exact) mass is 320 g/mol. The van der Waals surface area contributed by atoms with Crippen molar-refractivity contribution in [3.63, 3.8) is 0 Å². The maximum atomic E-state index is 14.1. The van der Waals surface area contributed by atoms with E-state index in [2.05, 4.69) is 11.7 Å². The number of carbonyl (C=O) groups excluding carboxylic acids is 1. The van der Waals surface area contributed by atoms with Gasteiger partial charge in [0.05, 0.1) is 12.9 Å². The summed E-state index contributed by atoms with van der Waals surface area (Å²) in [7, 11) is 1.30. The first-order chi connectivity index (χ1) is 10.7. The van der Waals surface area contributed by atoms with E-state index in [1.807, 2.05) is 26.0 Å². The molecule has 0 aromatic carbocycles. The van der Waals surface area contributed by atoms with Crippen LogP contribution in [0.2, 0.25) is 0 Å². The van der Waals surface area contributed by atoms with Gasteiger partial charge in [0.15, 0.2) is 0 Å². The van der Waals surface area contributed by atoms with Gasteiger partial charge in [-0.1, -0.05) is 18.2 Å².